The van der Waals surface area contributed by atoms with Crippen molar-refractivity contribution >= 4 is 23.4 Å². The van der Waals surface area contributed by atoms with Crippen molar-refractivity contribution in [2.45, 2.75) is 0 Å². The molecule has 28 heavy (non-hydrogen) atoms. The second-order valence-corrected chi connectivity index (χ2v) is 6.63. The number of amides is 2. The van der Waals surface area contributed by atoms with Gasteiger partial charge < -0.3 is 10.2 Å². The minimum absolute atomic E-state index is 0.0659. The Kier molecular flexibility index (Phi) is 4.56. The monoisotopic (exact) mass is 402 g/mol. The van der Waals surface area contributed by atoms with Gasteiger partial charge in [-0.25, -0.2) is 13.5 Å². The first-order valence-electron chi connectivity index (χ1n) is 8.30. The molecule has 0 unspecified atom stereocenters. The van der Waals surface area contributed by atoms with E-state index in [1.807, 2.05) is 0 Å². The van der Waals surface area contributed by atoms with Crippen LogP contribution in [0.2, 0.25) is 5.02 Å². The van der Waals surface area contributed by atoms with Crippen LogP contribution in [0.4, 0.5) is 8.78 Å². The number of hydrogen-bond acceptors (Lipinski definition) is 3. The molecule has 2 aromatic carbocycles. The van der Waals surface area contributed by atoms with E-state index in [1.54, 1.807) is 24.3 Å². The van der Waals surface area contributed by atoms with Crippen LogP contribution in [0.3, 0.4) is 0 Å². The third-order valence-electron chi connectivity index (χ3n) is 4.29. The second-order valence-electron chi connectivity index (χ2n) is 6.20. The molecule has 0 saturated carbocycles. The zero-order chi connectivity index (χ0) is 19.8. The molecule has 2 heterocycles. The van der Waals surface area contributed by atoms with Crippen molar-refractivity contribution < 1.29 is 18.4 Å². The molecule has 0 spiro atoms. The van der Waals surface area contributed by atoms with Crippen molar-refractivity contribution in [1.82, 2.24) is 20.0 Å². The number of aromatic nitrogens is 2. The third-order valence-corrected chi connectivity index (χ3v) is 4.52. The molecule has 6 nitrogen and oxygen atoms in total. The fraction of sp³-hybridized carbons (Fsp3) is 0.105. The zero-order valence-electron chi connectivity index (χ0n) is 14.3. The molecule has 9 heteroatoms. The van der Waals surface area contributed by atoms with E-state index in [0.29, 0.717) is 22.0 Å². The van der Waals surface area contributed by atoms with Gasteiger partial charge in [-0.2, -0.15) is 5.10 Å². The lowest BCUT2D eigenvalue weighted by molar-refractivity contribution is -0.118. The minimum Gasteiger partial charge on any atom is -0.337 e. The number of rotatable bonds is 3. The molecule has 4 rings (SSSR count). The molecule has 0 bridgehead atoms. The smallest absolute Gasteiger partial charge is 0.276 e. The molecule has 1 aromatic heterocycles. The SMILES string of the molecule is O=C1CN(C(=O)c2cc(-c3ccc(F)c(F)c3)n(-c3cccc(Cl)c3)n2)CN1. The lowest BCUT2D eigenvalue weighted by Crippen LogP contribution is -2.30. The second kappa shape index (κ2) is 7.05. The highest BCUT2D eigenvalue weighted by Crippen LogP contribution is 2.27. The van der Waals surface area contributed by atoms with Crippen molar-refractivity contribution in [2.24, 2.45) is 0 Å². The van der Waals surface area contributed by atoms with Gasteiger partial charge >= 0.3 is 0 Å². The predicted molar refractivity (Wildman–Crippen MR) is 98.0 cm³/mol. The Balaban J connectivity index is 1.83. The lowest BCUT2D eigenvalue weighted by Gasteiger charge is -2.10. The first-order valence-corrected chi connectivity index (χ1v) is 8.67. The van der Waals surface area contributed by atoms with Crippen LogP contribution in [0, 0.1) is 11.6 Å². The highest BCUT2D eigenvalue weighted by Gasteiger charge is 2.27. The molecule has 0 radical (unpaired) electrons. The van der Waals surface area contributed by atoms with Crippen molar-refractivity contribution in [3.05, 3.63) is 70.9 Å². The van der Waals surface area contributed by atoms with E-state index < -0.39 is 17.5 Å². The van der Waals surface area contributed by atoms with E-state index in [1.165, 1.54) is 21.7 Å². The van der Waals surface area contributed by atoms with Crippen LogP contribution in [-0.2, 0) is 4.79 Å². The molecular weight excluding hydrogens is 390 g/mol. The topological polar surface area (TPSA) is 67.2 Å². The number of hydrogen-bond donors (Lipinski definition) is 1. The summed E-state index contributed by atoms with van der Waals surface area (Å²) in [4.78, 5) is 25.4. The zero-order valence-corrected chi connectivity index (χ0v) is 15.1. The van der Waals surface area contributed by atoms with E-state index in [-0.39, 0.29) is 24.8 Å². The summed E-state index contributed by atoms with van der Waals surface area (Å²) in [5, 5.41) is 7.33. The highest BCUT2D eigenvalue weighted by molar-refractivity contribution is 6.30. The van der Waals surface area contributed by atoms with Gasteiger partial charge in [-0.15, -0.1) is 0 Å². The number of carbonyl (C=O) groups excluding carboxylic acids is 2. The fourth-order valence-corrected chi connectivity index (χ4v) is 3.11. The van der Waals surface area contributed by atoms with Crippen molar-refractivity contribution in [1.29, 1.82) is 0 Å². The first-order chi connectivity index (χ1) is 13.4. The van der Waals surface area contributed by atoms with Crippen molar-refractivity contribution in [3.8, 4) is 16.9 Å². The quantitative estimate of drug-likeness (QED) is 0.732. The van der Waals surface area contributed by atoms with Crippen LogP contribution < -0.4 is 5.32 Å². The normalized spacial score (nSPS) is 13.7. The van der Waals surface area contributed by atoms with Gasteiger partial charge in [0.2, 0.25) is 5.91 Å². The van der Waals surface area contributed by atoms with Crippen molar-refractivity contribution in [2.75, 3.05) is 13.2 Å². The molecule has 2 amide bonds. The van der Waals surface area contributed by atoms with Gasteiger partial charge in [0.1, 0.15) is 6.54 Å². The van der Waals surface area contributed by atoms with Gasteiger partial charge in [0.15, 0.2) is 17.3 Å². The Morgan fingerprint density at radius 2 is 1.93 bits per heavy atom. The summed E-state index contributed by atoms with van der Waals surface area (Å²) in [6, 6.07) is 11.6. The van der Waals surface area contributed by atoms with Gasteiger partial charge in [0.25, 0.3) is 5.91 Å². The van der Waals surface area contributed by atoms with E-state index in [4.69, 9.17) is 11.6 Å². The van der Waals surface area contributed by atoms with E-state index in [9.17, 15) is 18.4 Å². The number of benzene rings is 2. The van der Waals surface area contributed by atoms with Gasteiger partial charge in [-0.3, -0.25) is 9.59 Å². The Morgan fingerprint density at radius 3 is 2.61 bits per heavy atom. The summed E-state index contributed by atoms with van der Waals surface area (Å²) in [5.74, 6) is -2.71. The minimum atomic E-state index is -1.02. The molecule has 1 aliphatic rings. The fourth-order valence-electron chi connectivity index (χ4n) is 2.93. The molecule has 1 N–H and O–H groups in total. The number of nitrogens with one attached hydrogen (secondary N) is 1. The summed E-state index contributed by atoms with van der Waals surface area (Å²) in [6.07, 6.45) is 0. The maximum absolute atomic E-state index is 13.8. The highest BCUT2D eigenvalue weighted by atomic mass is 35.5. The third kappa shape index (κ3) is 3.34. The van der Waals surface area contributed by atoms with Crippen LogP contribution in [0.25, 0.3) is 16.9 Å². The van der Waals surface area contributed by atoms with Crippen molar-refractivity contribution in [3.63, 3.8) is 0 Å². The summed E-state index contributed by atoms with van der Waals surface area (Å²) in [6.45, 7) is 0.0194. The van der Waals surface area contributed by atoms with E-state index in [0.717, 1.165) is 12.1 Å². The molecule has 1 saturated heterocycles. The average Bonchev–Trinajstić information content (AvgIpc) is 3.30. The predicted octanol–water partition coefficient (Wildman–Crippen LogP) is 3.00. The number of carbonyl (C=O) groups is 2. The first kappa shape index (κ1) is 18.1. The van der Waals surface area contributed by atoms with Gasteiger partial charge in [-0.1, -0.05) is 17.7 Å². The lowest BCUT2D eigenvalue weighted by atomic mass is 10.1. The van der Waals surface area contributed by atoms with E-state index in [2.05, 4.69) is 10.4 Å². The van der Waals surface area contributed by atoms with Crippen LogP contribution in [0.1, 0.15) is 10.5 Å². The summed E-state index contributed by atoms with van der Waals surface area (Å²) in [5.41, 5.74) is 1.32. The summed E-state index contributed by atoms with van der Waals surface area (Å²) < 4.78 is 28.5. The van der Waals surface area contributed by atoms with E-state index >= 15 is 0 Å². The maximum Gasteiger partial charge on any atom is 0.276 e. The Hall–Kier alpha value is -3.26. The average molecular weight is 403 g/mol. The standard InChI is InChI=1S/C19H13ClF2N4O2/c20-12-2-1-3-13(7-12)26-17(11-4-5-14(21)15(22)6-11)8-16(24-26)19(28)25-9-18(27)23-10-25/h1-8H,9-10H2,(H,23,27). The maximum atomic E-state index is 13.8. The Bertz CT molecular complexity index is 1100. The Morgan fingerprint density at radius 1 is 1.11 bits per heavy atom. The summed E-state index contributed by atoms with van der Waals surface area (Å²) in [7, 11) is 0. The van der Waals surface area contributed by atoms with Crippen LogP contribution >= 0.6 is 11.6 Å². The molecule has 142 valence electrons. The van der Waals surface area contributed by atoms with Crippen LogP contribution in [0.15, 0.2) is 48.5 Å². The largest absolute Gasteiger partial charge is 0.337 e. The van der Waals surface area contributed by atoms with Gasteiger partial charge in [0, 0.05) is 10.6 Å². The summed E-state index contributed by atoms with van der Waals surface area (Å²) >= 11 is 6.06. The van der Waals surface area contributed by atoms with Crippen LogP contribution in [0.5, 0.6) is 0 Å². The molecule has 3 aromatic rings. The molecule has 0 aliphatic carbocycles. The molecular formula is C19H13ClF2N4O2. The van der Waals surface area contributed by atoms with Gasteiger partial charge in [-0.05, 0) is 42.5 Å². The number of nitrogens with zero attached hydrogens (tertiary/aromatic N) is 3. The van der Waals surface area contributed by atoms with Gasteiger partial charge in [0.05, 0.1) is 18.1 Å². The van der Waals surface area contributed by atoms with Crippen LogP contribution in [-0.4, -0.2) is 39.7 Å². The Labute approximate surface area is 163 Å². The molecule has 1 aliphatic heterocycles. The molecule has 0 atom stereocenters. The molecule has 1 fully saturated rings. The number of halogens is 3.